The van der Waals surface area contributed by atoms with E-state index in [0.29, 0.717) is 18.8 Å². The molecule has 0 aromatic carbocycles. The van der Waals surface area contributed by atoms with Gasteiger partial charge in [-0.3, -0.25) is 4.79 Å². The smallest absolute Gasteiger partial charge is 0.329 e. The Labute approximate surface area is 127 Å². The molecule has 0 aromatic heterocycles. The molecule has 1 aliphatic carbocycles. The van der Waals surface area contributed by atoms with Crippen LogP contribution in [0, 0.1) is 11.3 Å². The van der Waals surface area contributed by atoms with E-state index in [4.69, 9.17) is 5.73 Å². The summed E-state index contributed by atoms with van der Waals surface area (Å²) in [5, 5.41) is 12.3. The third-order valence-electron chi connectivity index (χ3n) is 4.11. The number of hydrogen-bond donors (Lipinski definition) is 3. The quantitative estimate of drug-likeness (QED) is 0.726. The van der Waals surface area contributed by atoms with Crippen LogP contribution < -0.4 is 11.1 Å². The van der Waals surface area contributed by atoms with Crippen LogP contribution in [-0.4, -0.2) is 28.6 Å². The van der Waals surface area contributed by atoms with Crippen LogP contribution in [0.25, 0.3) is 0 Å². The minimum Gasteiger partial charge on any atom is -0.480 e. The van der Waals surface area contributed by atoms with Gasteiger partial charge in [-0.15, -0.1) is 0 Å². The van der Waals surface area contributed by atoms with E-state index in [-0.39, 0.29) is 23.8 Å². The Balaban J connectivity index is 2.63. The van der Waals surface area contributed by atoms with Gasteiger partial charge in [0.05, 0.1) is 0 Å². The van der Waals surface area contributed by atoms with Gasteiger partial charge >= 0.3 is 5.97 Å². The molecule has 1 amide bonds. The van der Waals surface area contributed by atoms with Crippen molar-refractivity contribution in [2.45, 2.75) is 77.8 Å². The third-order valence-corrected chi connectivity index (χ3v) is 4.11. The number of nitrogens with two attached hydrogens (primary N) is 1. The van der Waals surface area contributed by atoms with Crippen LogP contribution >= 0.6 is 0 Å². The number of aliphatic carboxylic acids is 1. The monoisotopic (exact) mass is 298 g/mol. The van der Waals surface area contributed by atoms with Crippen LogP contribution in [0.5, 0.6) is 0 Å². The average molecular weight is 298 g/mol. The summed E-state index contributed by atoms with van der Waals surface area (Å²) in [5.41, 5.74) is 4.96. The predicted octanol–water partition coefficient (Wildman–Crippen LogP) is 2.29. The predicted molar refractivity (Wildman–Crippen MR) is 82.8 cm³/mol. The lowest BCUT2D eigenvalue weighted by Crippen LogP contribution is -2.57. The van der Waals surface area contributed by atoms with E-state index in [1.54, 1.807) is 0 Å². The molecule has 1 fully saturated rings. The second-order valence-corrected chi connectivity index (χ2v) is 7.87. The highest BCUT2D eigenvalue weighted by molar-refractivity contribution is 5.87. The fraction of sp³-hybridized carbons (Fsp3) is 0.875. The minimum atomic E-state index is -1.10. The number of carbonyl (C=O) groups excluding carboxylic acids is 1. The van der Waals surface area contributed by atoms with Crippen LogP contribution in [0.1, 0.15) is 66.2 Å². The lowest BCUT2D eigenvalue weighted by atomic mass is 9.76. The number of carbonyl (C=O) groups is 2. The van der Waals surface area contributed by atoms with Gasteiger partial charge in [-0.1, -0.05) is 40.5 Å². The van der Waals surface area contributed by atoms with Crippen molar-refractivity contribution >= 4 is 11.9 Å². The molecular formula is C16H30N2O3. The zero-order valence-corrected chi connectivity index (χ0v) is 13.7. The van der Waals surface area contributed by atoms with Crippen LogP contribution in [0.4, 0.5) is 0 Å². The van der Waals surface area contributed by atoms with Crippen LogP contribution in [0.2, 0.25) is 0 Å². The maximum Gasteiger partial charge on any atom is 0.329 e. The van der Waals surface area contributed by atoms with E-state index < -0.39 is 11.5 Å². The SMILES string of the molecule is CC1CCCC(NC(=O)CC(N)CC(C)(C)C)(C(=O)O)C1. The summed E-state index contributed by atoms with van der Waals surface area (Å²) in [5.74, 6) is -0.853. The highest BCUT2D eigenvalue weighted by atomic mass is 16.4. The minimum absolute atomic E-state index is 0.0591. The van der Waals surface area contributed by atoms with Crippen molar-refractivity contribution in [2.75, 3.05) is 0 Å². The summed E-state index contributed by atoms with van der Waals surface area (Å²) in [6, 6.07) is -0.239. The van der Waals surface area contributed by atoms with Gasteiger partial charge in [-0.05, 0) is 30.6 Å². The molecule has 1 rings (SSSR count). The van der Waals surface area contributed by atoms with E-state index in [9.17, 15) is 14.7 Å². The summed E-state index contributed by atoms with van der Waals surface area (Å²) in [6.45, 7) is 8.26. The van der Waals surface area contributed by atoms with Gasteiger partial charge in [0.25, 0.3) is 0 Å². The number of hydrogen-bond acceptors (Lipinski definition) is 3. The Morgan fingerprint density at radius 1 is 1.43 bits per heavy atom. The zero-order valence-electron chi connectivity index (χ0n) is 13.7. The van der Waals surface area contributed by atoms with Crippen LogP contribution in [-0.2, 0) is 9.59 Å². The topological polar surface area (TPSA) is 92.4 Å². The van der Waals surface area contributed by atoms with Gasteiger partial charge < -0.3 is 16.2 Å². The first-order chi connectivity index (χ1) is 9.54. The highest BCUT2D eigenvalue weighted by Crippen LogP contribution is 2.32. The van der Waals surface area contributed by atoms with Crippen molar-refractivity contribution in [3.05, 3.63) is 0 Å². The first-order valence-corrected chi connectivity index (χ1v) is 7.84. The van der Waals surface area contributed by atoms with E-state index >= 15 is 0 Å². The maximum atomic E-state index is 12.2. The Hall–Kier alpha value is -1.10. The summed E-state index contributed by atoms with van der Waals surface area (Å²) >= 11 is 0. The summed E-state index contributed by atoms with van der Waals surface area (Å²) in [4.78, 5) is 23.8. The molecule has 0 bridgehead atoms. The van der Waals surface area contributed by atoms with Crippen LogP contribution in [0.15, 0.2) is 0 Å². The van der Waals surface area contributed by atoms with E-state index in [2.05, 4.69) is 26.1 Å². The molecule has 0 aromatic rings. The molecule has 0 saturated heterocycles. The molecule has 1 aliphatic rings. The van der Waals surface area contributed by atoms with Gasteiger partial charge in [0, 0.05) is 12.5 Å². The molecule has 5 nitrogen and oxygen atoms in total. The van der Waals surface area contributed by atoms with Gasteiger partial charge in [0.15, 0.2) is 0 Å². The zero-order chi connectivity index (χ0) is 16.3. The molecule has 0 radical (unpaired) electrons. The first-order valence-electron chi connectivity index (χ1n) is 7.84. The summed E-state index contributed by atoms with van der Waals surface area (Å²) in [7, 11) is 0. The molecule has 4 N–H and O–H groups in total. The van der Waals surface area contributed by atoms with E-state index in [0.717, 1.165) is 19.3 Å². The molecule has 5 heteroatoms. The molecule has 0 spiro atoms. The second-order valence-electron chi connectivity index (χ2n) is 7.87. The third kappa shape index (κ3) is 5.65. The van der Waals surface area contributed by atoms with Gasteiger partial charge in [-0.2, -0.15) is 0 Å². The molecule has 21 heavy (non-hydrogen) atoms. The molecule has 1 saturated carbocycles. The fourth-order valence-corrected chi connectivity index (χ4v) is 3.33. The van der Waals surface area contributed by atoms with E-state index in [1.165, 1.54) is 0 Å². The second kappa shape index (κ2) is 6.77. The van der Waals surface area contributed by atoms with Crippen molar-refractivity contribution in [3.8, 4) is 0 Å². The van der Waals surface area contributed by atoms with Gasteiger partial charge in [0.1, 0.15) is 5.54 Å². The lowest BCUT2D eigenvalue weighted by Gasteiger charge is -2.37. The fourth-order valence-electron chi connectivity index (χ4n) is 3.33. The Morgan fingerprint density at radius 2 is 2.05 bits per heavy atom. The van der Waals surface area contributed by atoms with E-state index in [1.807, 2.05) is 6.92 Å². The van der Waals surface area contributed by atoms with Crippen molar-refractivity contribution in [1.29, 1.82) is 0 Å². The number of carboxylic acid groups (broad SMARTS) is 1. The molecule has 122 valence electrons. The van der Waals surface area contributed by atoms with Gasteiger partial charge in [0.2, 0.25) is 5.91 Å². The molecule has 3 atom stereocenters. The Morgan fingerprint density at radius 3 is 2.52 bits per heavy atom. The molecule has 0 heterocycles. The largest absolute Gasteiger partial charge is 0.480 e. The number of carboxylic acids is 1. The van der Waals surface area contributed by atoms with Gasteiger partial charge in [-0.25, -0.2) is 4.79 Å². The molecular weight excluding hydrogens is 268 g/mol. The Bertz CT molecular complexity index is 389. The standard InChI is InChI=1S/C16H30N2O3/c1-11-6-5-7-16(9-11,14(20)21)18-13(19)8-12(17)10-15(2,3)4/h11-12H,5-10,17H2,1-4H3,(H,18,19)(H,20,21). The summed E-state index contributed by atoms with van der Waals surface area (Å²) in [6.07, 6.45) is 3.78. The highest BCUT2D eigenvalue weighted by Gasteiger charge is 2.43. The van der Waals surface area contributed by atoms with Crippen LogP contribution in [0.3, 0.4) is 0 Å². The number of rotatable bonds is 5. The molecule has 0 aliphatic heterocycles. The van der Waals surface area contributed by atoms with Crippen molar-refractivity contribution in [3.63, 3.8) is 0 Å². The maximum absolute atomic E-state index is 12.2. The first kappa shape index (κ1) is 18.0. The number of amides is 1. The summed E-state index contributed by atoms with van der Waals surface area (Å²) < 4.78 is 0. The Kier molecular flexibility index (Phi) is 5.79. The van der Waals surface area contributed by atoms with Crippen molar-refractivity contribution < 1.29 is 14.7 Å². The lowest BCUT2D eigenvalue weighted by molar-refractivity contribution is -0.150. The van der Waals surface area contributed by atoms with Crippen molar-refractivity contribution in [1.82, 2.24) is 5.32 Å². The molecule has 3 unspecified atom stereocenters. The average Bonchev–Trinajstić information content (AvgIpc) is 2.24. The normalized spacial score (nSPS) is 28.0. The number of nitrogens with one attached hydrogen (secondary N) is 1. The van der Waals surface area contributed by atoms with Crippen molar-refractivity contribution in [2.24, 2.45) is 17.1 Å².